The summed E-state index contributed by atoms with van der Waals surface area (Å²) >= 11 is 1.30. The molecule has 1 atom stereocenters. The molecule has 25 heavy (non-hydrogen) atoms. The Morgan fingerprint density at radius 2 is 1.96 bits per heavy atom. The van der Waals surface area contributed by atoms with Crippen LogP contribution in [0, 0.1) is 0 Å². The van der Waals surface area contributed by atoms with Gasteiger partial charge in [0.25, 0.3) is 0 Å². The molecule has 1 unspecified atom stereocenters. The molecule has 4 nitrogen and oxygen atoms in total. The van der Waals surface area contributed by atoms with Gasteiger partial charge in [0, 0.05) is 16.7 Å². The normalized spacial score (nSPS) is 16.3. The maximum atomic E-state index is 12.3. The lowest BCUT2D eigenvalue weighted by Crippen LogP contribution is -2.17. The summed E-state index contributed by atoms with van der Waals surface area (Å²) in [6.07, 6.45) is -4.76. The molecule has 0 fully saturated rings. The summed E-state index contributed by atoms with van der Waals surface area (Å²) in [4.78, 5) is 16.2. The topological polar surface area (TPSA) is 58.9 Å². The Bertz CT molecular complexity index is 864. The molecule has 0 saturated carbocycles. The molecule has 0 amide bonds. The molecule has 1 heterocycles. The van der Waals surface area contributed by atoms with Crippen molar-refractivity contribution >= 4 is 29.1 Å². The van der Waals surface area contributed by atoms with Crippen LogP contribution in [0.25, 0.3) is 0 Å². The molecule has 0 spiro atoms. The Balaban J connectivity index is 1.90. The van der Waals surface area contributed by atoms with Gasteiger partial charge in [-0.25, -0.2) is 4.79 Å². The molecule has 8 heteroatoms. The zero-order chi connectivity index (χ0) is 18.2. The van der Waals surface area contributed by atoms with Gasteiger partial charge in [-0.3, -0.25) is 4.99 Å². The quantitative estimate of drug-likeness (QED) is 0.805. The predicted molar refractivity (Wildman–Crippen MR) is 87.9 cm³/mol. The Hall–Kier alpha value is -2.48. The molecular weight excluding hydrogens is 355 g/mol. The van der Waals surface area contributed by atoms with Crippen LogP contribution in [0.2, 0.25) is 0 Å². The van der Waals surface area contributed by atoms with Gasteiger partial charge in [0.15, 0.2) is 0 Å². The number of rotatable bonds is 4. The van der Waals surface area contributed by atoms with Gasteiger partial charge >= 0.3 is 12.3 Å². The number of aromatic carboxylic acids is 1. The highest BCUT2D eigenvalue weighted by atomic mass is 32.2. The highest BCUT2D eigenvalue weighted by molar-refractivity contribution is 8.00. The Morgan fingerprint density at radius 3 is 2.64 bits per heavy atom. The van der Waals surface area contributed by atoms with E-state index in [0.29, 0.717) is 16.3 Å². The highest BCUT2D eigenvalue weighted by Gasteiger charge is 2.32. The van der Waals surface area contributed by atoms with Crippen molar-refractivity contribution in [2.75, 3.05) is 0 Å². The third-order valence-corrected chi connectivity index (χ3v) is 5.00. The van der Waals surface area contributed by atoms with Gasteiger partial charge in [-0.05, 0) is 30.7 Å². The van der Waals surface area contributed by atoms with Crippen molar-refractivity contribution in [1.29, 1.82) is 0 Å². The number of alkyl halides is 3. The van der Waals surface area contributed by atoms with Crippen molar-refractivity contribution in [1.82, 2.24) is 0 Å². The zero-order valence-corrected chi connectivity index (χ0v) is 13.7. The summed E-state index contributed by atoms with van der Waals surface area (Å²) in [6.45, 7) is 1.76. The van der Waals surface area contributed by atoms with Crippen LogP contribution in [0.5, 0.6) is 5.75 Å². The minimum Gasteiger partial charge on any atom is -0.478 e. The van der Waals surface area contributed by atoms with E-state index in [-0.39, 0.29) is 16.6 Å². The summed E-state index contributed by atoms with van der Waals surface area (Å²) in [5.74, 6) is -1.37. The van der Waals surface area contributed by atoms with E-state index >= 15 is 0 Å². The van der Waals surface area contributed by atoms with E-state index in [9.17, 15) is 23.1 Å². The first kappa shape index (κ1) is 17.3. The number of hydrogen-bond donors (Lipinski definition) is 1. The van der Waals surface area contributed by atoms with Crippen LogP contribution in [0.1, 0.15) is 28.1 Å². The monoisotopic (exact) mass is 367 g/mol. The third kappa shape index (κ3) is 3.79. The average molecular weight is 367 g/mol. The van der Waals surface area contributed by atoms with Gasteiger partial charge in [0.05, 0.1) is 16.5 Å². The third-order valence-electron chi connectivity index (χ3n) is 3.56. The minimum atomic E-state index is -4.76. The van der Waals surface area contributed by atoms with Gasteiger partial charge in [0.1, 0.15) is 5.75 Å². The van der Waals surface area contributed by atoms with E-state index in [1.807, 2.05) is 0 Å². The van der Waals surface area contributed by atoms with Crippen LogP contribution in [0.4, 0.5) is 18.9 Å². The standard InChI is InChI=1S/C17H12F3NO3S/c1-9-15(25-14-5-3-2-4-12(14)16(22)23)11-7-6-10(8-13(11)21-9)24-17(18,19)20/h2-8,15H,1H3,(H,22,23). The van der Waals surface area contributed by atoms with Crippen molar-refractivity contribution in [2.24, 2.45) is 4.99 Å². The van der Waals surface area contributed by atoms with Gasteiger partial charge in [-0.1, -0.05) is 18.2 Å². The molecule has 3 rings (SSSR count). The number of halogens is 3. The second-order valence-corrected chi connectivity index (χ2v) is 6.47. The van der Waals surface area contributed by atoms with Crippen LogP contribution in [0.3, 0.4) is 0 Å². The fourth-order valence-corrected chi connectivity index (χ4v) is 3.78. The predicted octanol–water partition coefficient (Wildman–Crippen LogP) is 5.22. The van der Waals surface area contributed by atoms with Crippen molar-refractivity contribution in [3.05, 3.63) is 53.6 Å². The number of hydrogen-bond acceptors (Lipinski definition) is 4. The van der Waals surface area contributed by atoms with Crippen molar-refractivity contribution in [3.8, 4) is 5.75 Å². The van der Waals surface area contributed by atoms with E-state index in [4.69, 9.17) is 0 Å². The number of fused-ring (bicyclic) bond motifs is 1. The van der Waals surface area contributed by atoms with Crippen LogP contribution < -0.4 is 4.74 Å². The van der Waals surface area contributed by atoms with Gasteiger partial charge in [-0.15, -0.1) is 24.9 Å². The molecule has 1 aliphatic rings. The average Bonchev–Trinajstić information content (AvgIpc) is 2.81. The lowest BCUT2D eigenvalue weighted by atomic mass is 10.1. The molecule has 1 aliphatic heterocycles. The molecular formula is C17H12F3NO3S. The van der Waals surface area contributed by atoms with Crippen molar-refractivity contribution < 1.29 is 27.8 Å². The Kier molecular flexibility index (Phi) is 4.47. The van der Waals surface area contributed by atoms with E-state index in [2.05, 4.69) is 9.73 Å². The highest BCUT2D eigenvalue weighted by Crippen LogP contribution is 2.47. The number of ether oxygens (including phenoxy) is 1. The molecule has 2 aromatic carbocycles. The van der Waals surface area contributed by atoms with E-state index in [0.717, 1.165) is 5.56 Å². The first-order valence-corrected chi connectivity index (χ1v) is 8.06. The van der Waals surface area contributed by atoms with Crippen LogP contribution in [0.15, 0.2) is 52.4 Å². The first-order valence-electron chi connectivity index (χ1n) is 7.18. The summed E-state index contributed by atoms with van der Waals surface area (Å²) in [5.41, 5.74) is 1.97. The fraction of sp³-hybridized carbons (Fsp3) is 0.176. The maximum Gasteiger partial charge on any atom is 0.573 e. The largest absolute Gasteiger partial charge is 0.573 e. The van der Waals surface area contributed by atoms with E-state index < -0.39 is 12.3 Å². The summed E-state index contributed by atoms with van der Waals surface area (Å²) < 4.78 is 40.9. The van der Waals surface area contributed by atoms with E-state index in [1.165, 1.54) is 36.0 Å². The van der Waals surface area contributed by atoms with Gasteiger partial charge in [0.2, 0.25) is 0 Å². The Morgan fingerprint density at radius 1 is 1.24 bits per heavy atom. The van der Waals surface area contributed by atoms with Crippen LogP contribution in [-0.2, 0) is 0 Å². The van der Waals surface area contributed by atoms with Crippen LogP contribution >= 0.6 is 11.8 Å². The second-order valence-electron chi connectivity index (χ2n) is 5.32. The lowest BCUT2D eigenvalue weighted by Gasteiger charge is -2.14. The smallest absolute Gasteiger partial charge is 0.478 e. The number of aliphatic imine (C=N–C) groups is 1. The number of benzene rings is 2. The Labute approximate surface area is 145 Å². The molecule has 0 saturated heterocycles. The van der Waals surface area contributed by atoms with Crippen molar-refractivity contribution in [2.45, 2.75) is 23.4 Å². The number of nitrogens with zero attached hydrogens (tertiary/aromatic N) is 1. The zero-order valence-electron chi connectivity index (χ0n) is 12.9. The molecule has 0 aliphatic carbocycles. The lowest BCUT2D eigenvalue weighted by molar-refractivity contribution is -0.274. The molecule has 130 valence electrons. The number of carboxylic acids is 1. The minimum absolute atomic E-state index is 0.172. The second kappa shape index (κ2) is 6.44. The SMILES string of the molecule is CC1=Nc2cc(OC(F)(F)F)ccc2C1Sc1ccccc1C(=O)O. The van der Waals surface area contributed by atoms with Gasteiger partial charge < -0.3 is 9.84 Å². The molecule has 0 bridgehead atoms. The molecule has 0 radical (unpaired) electrons. The summed E-state index contributed by atoms with van der Waals surface area (Å²) in [5, 5.41) is 9.01. The fourth-order valence-electron chi connectivity index (χ4n) is 2.53. The molecule has 2 aromatic rings. The summed E-state index contributed by atoms with van der Waals surface area (Å²) in [6, 6.07) is 10.6. The van der Waals surface area contributed by atoms with Crippen LogP contribution in [-0.4, -0.2) is 23.1 Å². The molecule has 1 N–H and O–H groups in total. The summed E-state index contributed by atoms with van der Waals surface area (Å²) in [7, 11) is 0. The van der Waals surface area contributed by atoms with E-state index in [1.54, 1.807) is 25.1 Å². The van der Waals surface area contributed by atoms with Crippen molar-refractivity contribution in [3.63, 3.8) is 0 Å². The van der Waals surface area contributed by atoms with Gasteiger partial charge in [-0.2, -0.15) is 0 Å². The number of carboxylic acid groups (broad SMARTS) is 1. The number of carbonyl (C=O) groups is 1. The maximum absolute atomic E-state index is 12.3. The molecule has 0 aromatic heterocycles. The first-order chi connectivity index (χ1) is 11.7. The number of thioether (sulfide) groups is 1.